The summed E-state index contributed by atoms with van der Waals surface area (Å²) in [6.45, 7) is 1.59. The van der Waals surface area contributed by atoms with Gasteiger partial charge in [-0.2, -0.15) is 0 Å². The van der Waals surface area contributed by atoms with Gasteiger partial charge in [0.15, 0.2) is 12.4 Å². The first-order valence-corrected chi connectivity index (χ1v) is 7.79. The van der Waals surface area contributed by atoms with Crippen molar-refractivity contribution in [2.45, 2.75) is 6.92 Å². The van der Waals surface area contributed by atoms with E-state index in [2.05, 4.69) is 4.74 Å². The van der Waals surface area contributed by atoms with Gasteiger partial charge in [0.05, 0.1) is 12.7 Å². The number of carbonyl (C=O) groups is 2. The molecule has 118 valence electrons. The third-order valence-electron chi connectivity index (χ3n) is 3.43. The molecule has 1 aliphatic rings. The molecule has 6 heteroatoms. The van der Waals surface area contributed by atoms with E-state index in [4.69, 9.17) is 9.47 Å². The highest BCUT2D eigenvalue weighted by atomic mass is 32.1. The van der Waals surface area contributed by atoms with Gasteiger partial charge >= 0.3 is 5.97 Å². The zero-order valence-electron chi connectivity index (χ0n) is 12.6. The van der Waals surface area contributed by atoms with E-state index in [1.807, 2.05) is 17.5 Å². The van der Waals surface area contributed by atoms with Gasteiger partial charge in [-0.15, -0.1) is 11.3 Å². The summed E-state index contributed by atoms with van der Waals surface area (Å²) in [7, 11) is 1.30. The van der Waals surface area contributed by atoms with Crippen LogP contribution < -0.4 is 9.47 Å². The molecule has 3 rings (SSSR count). The highest BCUT2D eigenvalue weighted by Gasteiger charge is 2.30. The van der Waals surface area contributed by atoms with Crippen molar-refractivity contribution in [3.8, 4) is 11.5 Å². The van der Waals surface area contributed by atoms with Crippen LogP contribution in [0.15, 0.2) is 35.4 Å². The maximum Gasteiger partial charge on any atom is 0.343 e. The van der Waals surface area contributed by atoms with Crippen LogP contribution >= 0.6 is 11.3 Å². The fourth-order valence-corrected chi connectivity index (χ4v) is 2.87. The predicted octanol–water partition coefficient (Wildman–Crippen LogP) is 3.22. The van der Waals surface area contributed by atoms with Gasteiger partial charge in [0.1, 0.15) is 11.5 Å². The Balaban J connectivity index is 1.87. The van der Waals surface area contributed by atoms with E-state index in [9.17, 15) is 9.59 Å². The van der Waals surface area contributed by atoms with Gasteiger partial charge < -0.3 is 14.2 Å². The van der Waals surface area contributed by atoms with Crippen LogP contribution in [0.3, 0.4) is 0 Å². The van der Waals surface area contributed by atoms with Gasteiger partial charge in [-0.3, -0.25) is 4.79 Å². The Morgan fingerprint density at radius 2 is 2.17 bits per heavy atom. The first-order chi connectivity index (χ1) is 11.1. The molecule has 0 saturated heterocycles. The Bertz CT molecular complexity index is 790. The number of carbonyl (C=O) groups excluding carboxylic acids is 2. The Morgan fingerprint density at radius 1 is 1.35 bits per heavy atom. The van der Waals surface area contributed by atoms with Crippen LogP contribution in [0, 0.1) is 6.92 Å². The lowest BCUT2D eigenvalue weighted by Crippen LogP contribution is -2.13. The summed E-state index contributed by atoms with van der Waals surface area (Å²) in [5, 5.41) is 1.93. The molecule has 0 saturated carbocycles. The number of Topliss-reactive ketones (excluding diaryl/α,β-unsaturated/α-hetero) is 1. The van der Waals surface area contributed by atoms with Gasteiger partial charge in [0.2, 0.25) is 5.78 Å². The standard InChI is InChI=1S/C17H14O5S/c1-10-13(21-9-15(18)20-2)6-5-12-16(19)14(22-17(10)12)8-11-4-3-7-23-11/h3-8H,9H2,1-2H3/b14-8-. The topological polar surface area (TPSA) is 61.8 Å². The molecule has 1 aliphatic heterocycles. The number of benzene rings is 1. The second-order valence-electron chi connectivity index (χ2n) is 4.89. The summed E-state index contributed by atoms with van der Waals surface area (Å²) in [6, 6.07) is 7.13. The summed E-state index contributed by atoms with van der Waals surface area (Å²) in [4.78, 5) is 24.5. The molecule has 0 atom stereocenters. The summed E-state index contributed by atoms with van der Waals surface area (Å²) >= 11 is 1.53. The lowest BCUT2D eigenvalue weighted by atomic mass is 10.1. The molecular weight excluding hydrogens is 316 g/mol. The Labute approximate surface area is 137 Å². The van der Waals surface area contributed by atoms with Crippen LogP contribution in [-0.2, 0) is 9.53 Å². The monoisotopic (exact) mass is 330 g/mol. The number of rotatable bonds is 4. The van der Waals surface area contributed by atoms with E-state index >= 15 is 0 Å². The molecule has 0 N–H and O–H groups in total. The summed E-state index contributed by atoms with van der Waals surface area (Å²) < 4.78 is 15.7. The second kappa shape index (κ2) is 6.26. The van der Waals surface area contributed by atoms with Crippen LogP contribution in [0.2, 0.25) is 0 Å². The number of allylic oxidation sites excluding steroid dienone is 1. The zero-order chi connectivity index (χ0) is 16.4. The minimum atomic E-state index is -0.472. The van der Waals surface area contributed by atoms with E-state index in [0.29, 0.717) is 22.6 Å². The van der Waals surface area contributed by atoms with Crippen molar-refractivity contribution < 1.29 is 23.8 Å². The molecule has 0 fully saturated rings. The Kier molecular flexibility index (Phi) is 4.16. The highest BCUT2D eigenvalue weighted by molar-refractivity contribution is 7.10. The van der Waals surface area contributed by atoms with Crippen molar-refractivity contribution >= 4 is 29.2 Å². The van der Waals surface area contributed by atoms with Gasteiger partial charge in [-0.1, -0.05) is 6.07 Å². The molecule has 0 bridgehead atoms. The average molecular weight is 330 g/mol. The predicted molar refractivity (Wildman–Crippen MR) is 85.9 cm³/mol. The van der Waals surface area contributed by atoms with Crippen LogP contribution in [0.1, 0.15) is 20.8 Å². The average Bonchev–Trinajstić information content (AvgIpc) is 3.16. The Morgan fingerprint density at radius 3 is 2.87 bits per heavy atom. The molecule has 2 aromatic rings. The third kappa shape index (κ3) is 2.98. The molecule has 23 heavy (non-hydrogen) atoms. The normalized spacial score (nSPS) is 14.5. The quantitative estimate of drug-likeness (QED) is 0.636. The van der Waals surface area contributed by atoms with E-state index in [-0.39, 0.29) is 18.1 Å². The minimum Gasteiger partial charge on any atom is -0.481 e. The molecule has 5 nitrogen and oxygen atoms in total. The number of hydrogen-bond donors (Lipinski definition) is 0. The lowest BCUT2D eigenvalue weighted by Gasteiger charge is -2.10. The van der Waals surface area contributed by atoms with Crippen LogP contribution in [0.25, 0.3) is 6.08 Å². The maximum atomic E-state index is 12.4. The van der Waals surface area contributed by atoms with Crippen molar-refractivity contribution in [3.63, 3.8) is 0 Å². The number of ketones is 1. The van der Waals surface area contributed by atoms with E-state index in [1.54, 1.807) is 25.1 Å². The minimum absolute atomic E-state index is 0.156. The fraction of sp³-hybridized carbons (Fsp3) is 0.176. The number of ether oxygens (including phenoxy) is 3. The van der Waals surface area contributed by atoms with Crippen LogP contribution in [0.4, 0.5) is 0 Å². The van der Waals surface area contributed by atoms with Gasteiger partial charge in [-0.05, 0) is 30.5 Å². The number of fused-ring (bicyclic) bond motifs is 1. The number of hydrogen-bond acceptors (Lipinski definition) is 6. The van der Waals surface area contributed by atoms with E-state index < -0.39 is 5.97 Å². The molecule has 0 amide bonds. The van der Waals surface area contributed by atoms with Gasteiger partial charge in [0.25, 0.3) is 0 Å². The van der Waals surface area contributed by atoms with Crippen molar-refractivity contribution in [2.24, 2.45) is 0 Å². The molecule has 1 aromatic heterocycles. The molecule has 0 unspecified atom stereocenters. The van der Waals surface area contributed by atoms with Gasteiger partial charge in [0, 0.05) is 16.5 Å². The Hall–Kier alpha value is -2.60. The van der Waals surface area contributed by atoms with Crippen LogP contribution in [0.5, 0.6) is 11.5 Å². The van der Waals surface area contributed by atoms with E-state index in [0.717, 1.165) is 4.88 Å². The molecule has 0 spiro atoms. The zero-order valence-corrected chi connectivity index (χ0v) is 13.4. The number of methoxy groups -OCH3 is 1. The first-order valence-electron chi connectivity index (χ1n) is 6.91. The molecule has 1 aromatic carbocycles. The lowest BCUT2D eigenvalue weighted by molar-refractivity contribution is -0.142. The summed E-state index contributed by atoms with van der Waals surface area (Å²) in [5.41, 5.74) is 1.17. The number of thiophene rings is 1. The summed E-state index contributed by atoms with van der Waals surface area (Å²) in [5.74, 6) is 0.617. The van der Waals surface area contributed by atoms with Crippen LogP contribution in [-0.4, -0.2) is 25.5 Å². The van der Waals surface area contributed by atoms with Gasteiger partial charge in [-0.25, -0.2) is 4.79 Å². The van der Waals surface area contributed by atoms with Crippen molar-refractivity contribution in [1.82, 2.24) is 0 Å². The molecule has 2 heterocycles. The largest absolute Gasteiger partial charge is 0.481 e. The SMILES string of the molecule is COC(=O)COc1ccc2c(c1C)O/C(=C\c1cccs1)C2=O. The maximum absolute atomic E-state index is 12.4. The first kappa shape index (κ1) is 15.3. The molecular formula is C17H14O5S. The molecule has 0 radical (unpaired) electrons. The van der Waals surface area contributed by atoms with E-state index in [1.165, 1.54) is 18.4 Å². The van der Waals surface area contributed by atoms with Crippen molar-refractivity contribution in [3.05, 3.63) is 51.4 Å². The van der Waals surface area contributed by atoms with Crippen molar-refractivity contribution in [2.75, 3.05) is 13.7 Å². The van der Waals surface area contributed by atoms with Crippen molar-refractivity contribution in [1.29, 1.82) is 0 Å². The number of esters is 1. The third-order valence-corrected chi connectivity index (χ3v) is 4.25. The molecule has 0 aliphatic carbocycles. The summed E-state index contributed by atoms with van der Waals surface area (Å²) in [6.07, 6.45) is 1.72. The fourth-order valence-electron chi connectivity index (χ4n) is 2.22. The second-order valence-corrected chi connectivity index (χ2v) is 5.86. The highest BCUT2D eigenvalue weighted by Crippen LogP contribution is 2.39. The smallest absolute Gasteiger partial charge is 0.343 e.